The highest BCUT2D eigenvalue weighted by atomic mass is 79.9. The Balaban J connectivity index is 2.69. The highest BCUT2D eigenvalue weighted by Crippen LogP contribution is 2.23. The number of nitrogens with one attached hydrogen (secondary N) is 1. The van der Waals surface area contributed by atoms with Gasteiger partial charge in [-0.1, -0.05) is 15.9 Å². The largest absolute Gasteiger partial charge is 0.491 e. The highest BCUT2D eigenvalue weighted by molar-refractivity contribution is 9.10. The summed E-state index contributed by atoms with van der Waals surface area (Å²) in [6, 6.07) is 5.84. The number of benzene rings is 1. The molecule has 0 aliphatic rings. The molecule has 1 aromatic carbocycles. The van der Waals surface area contributed by atoms with Gasteiger partial charge >= 0.3 is 0 Å². The minimum atomic E-state index is 0.0334. The van der Waals surface area contributed by atoms with Gasteiger partial charge in [0.05, 0.1) is 6.61 Å². The van der Waals surface area contributed by atoms with Gasteiger partial charge in [-0.2, -0.15) is 0 Å². The summed E-state index contributed by atoms with van der Waals surface area (Å²) in [7, 11) is 0. The van der Waals surface area contributed by atoms with Crippen LogP contribution in [0.2, 0.25) is 0 Å². The van der Waals surface area contributed by atoms with Crippen molar-refractivity contribution in [2.75, 3.05) is 13.2 Å². The molecule has 0 spiro atoms. The Morgan fingerprint density at radius 3 is 2.65 bits per heavy atom. The third-order valence-electron chi connectivity index (χ3n) is 2.19. The minimum absolute atomic E-state index is 0.0334. The quantitative estimate of drug-likeness (QED) is 0.879. The molecule has 0 unspecified atom stereocenters. The Labute approximate surface area is 111 Å². The van der Waals surface area contributed by atoms with Crippen molar-refractivity contribution in [3.05, 3.63) is 28.2 Å². The molecule has 96 valence electrons. The SMILES string of the molecule is CC(C)(C)NCc1cc(OCCO)ccc1Br. The average molecular weight is 302 g/mol. The number of aliphatic hydroxyl groups is 1. The maximum absolute atomic E-state index is 8.71. The fourth-order valence-electron chi connectivity index (χ4n) is 1.30. The highest BCUT2D eigenvalue weighted by Gasteiger charge is 2.10. The van der Waals surface area contributed by atoms with Crippen LogP contribution in [0.3, 0.4) is 0 Å². The van der Waals surface area contributed by atoms with E-state index in [4.69, 9.17) is 9.84 Å². The van der Waals surface area contributed by atoms with E-state index in [2.05, 4.69) is 42.0 Å². The van der Waals surface area contributed by atoms with E-state index in [1.54, 1.807) is 0 Å². The van der Waals surface area contributed by atoms with Crippen LogP contribution in [0, 0.1) is 0 Å². The van der Waals surface area contributed by atoms with Crippen LogP contribution >= 0.6 is 15.9 Å². The minimum Gasteiger partial charge on any atom is -0.491 e. The van der Waals surface area contributed by atoms with E-state index in [-0.39, 0.29) is 12.1 Å². The van der Waals surface area contributed by atoms with Crippen molar-refractivity contribution < 1.29 is 9.84 Å². The lowest BCUT2D eigenvalue weighted by molar-refractivity contribution is 0.201. The monoisotopic (exact) mass is 301 g/mol. The van der Waals surface area contributed by atoms with E-state index in [9.17, 15) is 0 Å². The molecule has 0 aliphatic heterocycles. The number of ether oxygens (including phenoxy) is 1. The molecule has 0 saturated heterocycles. The van der Waals surface area contributed by atoms with Crippen LogP contribution in [0.5, 0.6) is 5.75 Å². The number of rotatable bonds is 5. The zero-order chi connectivity index (χ0) is 12.9. The van der Waals surface area contributed by atoms with Gasteiger partial charge in [-0.3, -0.25) is 0 Å². The molecule has 1 aromatic rings. The van der Waals surface area contributed by atoms with Crippen molar-refractivity contribution in [2.45, 2.75) is 32.9 Å². The van der Waals surface area contributed by atoms with Crippen LogP contribution in [0.4, 0.5) is 0 Å². The molecule has 1 rings (SSSR count). The van der Waals surface area contributed by atoms with Gasteiger partial charge in [-0.25, -0.2) is 0 Å². The smallest absolute Gasteiger partial charge is 0.119 e. The lowest BCUT2D eigenvalue weighted by Crippen LogP contribution is -2.35. The Kier molecular flexibility index (Phi) is 5.43. The predicted molar refractivity (Wildman–Crippen MR) is 73.3 cm³/mol. The molecule has 4 heteroatoms. The third kappa shape index (κ3) is 5.52. The predicted octanol–water partition coefficient (Wildman–Crippen LogP) is 2.71. The van der Waals surface area contributed by atoms with E-state index in [1.165, 1.54) is 0 Å². The summed E-state index contributed by atoms with van der Waals surface area (Å²) in [6.07, 6.45) is 0. The Morgan fingerprint density at radius 1 is 1.35 bits per heavy atom. The average Bonchev–Trinajstić information content (AvgIpc) is 2.25. The second-order valence-electron chi connectivity index (χ2n) is 4.93. The van der Waals surface area contributed by atoms with Crippen molar-refractivity contribution >= 4 is 15.9 Å². The lowest BCUT2D eigenvalue weighted by Gasteiger charge is -2.21. The van der Waals surface area contributed by atoms with Crippen LogP contribution in [0.25, 0.3) is 0 Å². The number of hydrogen-bond acceptors (Lipinski definition) is 3. The molecule has 0 atom stereocenters. The molecular formula is C13H20BrNO2. The van der Waals surface area contributed by atoms with Crippen molar-refractivity contribution in [1.82, 2.24) is 5.32 Å². The van der Waals surface area contributed by atoms with Gasteiger partial charge in [0.1, 0.15) is 12.4 Å². The molecule has 0 bridgehead atoms. The van der Waals surface area contributed by atoms with Gasteiger partial charge < -0.3 is 15.2 Å². The Bertz CT molecular complexity index is 361. The molecule has 0 saturated carbocycles. The van der Waals surface area contributed by atoms with Crippen LogP contribution in [-0.4, -0.2) is 23.9 Å². The zero-order valence-corrected chi connectivity index (χ0v) is 12.2. The lowest BCUT2D eigenvalue weighted by atomic mass is 10.1. The van der Waals surface area contributed by atoms with Crippen LogP contribution in [0.1, 0.15) is 26.3 Å². The normalized spacial score (nSPS) is 11.6. The molecule has 0 fully saturated rings. The molecule has 2 N–H and O–H groups in total. The van der Waals surface area contributed by atoms with Gasteiger partial charge in [0, 0.05) is 16.6 Å². The molecule has 3 nitrogen and oxygen atoms in total. The summed E-state index contributed by atoms with van der Waals surface area (Å²) in [5, 5.41) is 12.1. The first-order valence-corrected chi connectivity index (χ1v) is 6.49. The number of aliphatic hydroxyl groups excluding tert-OH is 1. The van der Waals surface area contributed by atoms with E-state index in [1.807, 2.05) is 18.2 Å². The van der Waals surface area contributed by atoms with Crippen LogP contribution in [0.15, 0.2) is 22.7 Å². The molecule has 0 aromatic heterocycles. The molecule has 0 aliphatic carbocycles. The summed E-state index contributed by atoms with van der Waals surface area (Å²) in [4.78, 5) is 0. The molecule has 17 heavy (non-hydrogen) atoms. The second kappa shape index (κ2) is 6.38. The van der Waals surface area contributed by atoms with Gasteiger partial charge in [0.25, 0.3) is 0 Å². The summed E-state index contributed by atoms with van der Waals surface area (Å²) in [6.45, 7) is 7.53. The third-order valence-corrected chi connectivity index (χ3v) is 2.96. The van der Waals surface area contributed by atoms with Crippen LogP contribution < -0.4 is 10.1 Å². The molecule has 0 heterocycles. The first-order chi connectivity index (χ1) is 7.92. The Morgan fingerprint density at radius 2 is 2.06 bits per heavy atom. The molecule has 0 radical (unpaired) electrons. The van der Waals surface area contributed by atoms with E-state index in [0.29, 0.717) is 6.61 Å². The first kappa shape index (κ1) is 14.5. The summed E-state index contributed by atoms with van der Waals surface area (Å²) >= 11 is 3.52. The van der Waals surface area contributed by atoms with Gasteiger partial charge in [0.2, 0.25) is 0 Å². The van der Waals surface area contributed by atoms with E-state index >= 15 is 0 Å². The number of hydrogen-bond donors (Lipinski definition) is 2. The van der Waals surface area contributed by atoms with Gasteiger partial charge in [0.15, 0.2) is 0 Å². The fraction of sp³-hybridized carbons (Fsp3) is 0.538. The molecule has 0 amide bonds. The molecular weight excluding hydrogens is 282 g/mol. The van der Waals surface area contributed by atoms with E-state index in [0.717, 1.165) is 22.3 Å². The van der Waals surface area contributed by atoms with Crippen LogP contribution in [-0.2, 0) is 6.54 Å². The van der Waals surface area contributed by atoms with Crippen molar-refractivity contribution in [1.29, 1.82) is 0 Å². The van der Waals surface area contributed by atoms with Gasteiger partial charge in [-0.05, 0) is 44.5 Å². The standard InChI is InChI=1S/C13H20BrNO2/c1-13(2,3)15-9-10-8-11(17-7-6-16)4-5-12(10)14/h4-5,8,15-16H,6-7,9H2,1-3H3. The maximum atomic E-state index is 8.71. The van der Waals surface area contributed by atoms with Crippen molar-refractivity contribution in [3.63, 3.8) is 0 Å². The Hall–Kier alpha value is -0.580. The zero-order valence-electron chi connectivity index (χ0n) is 10.6. The fourth-order valence-corrected chi connectivity index (χ4v) is 1.69. The van der Waals surface area contributed by atoms with Crippen molar-refractivity contribution in [3.8, 4) is 5.75 Å². The first-order valence-electron chi connectivity index (χ1n) is 5.69. The summed E-state index contributed by atoms with van der Waals surface area (Å²) in [5.41, 5.74) is 1.23. The number of halogens is 1. The topological polar surface area (TPSA) is 41.5 Å². The summed E-state index contributed by atoms with van der Waals surface area (Å²) in [5.74, 6) is 0.785. The van der Waals surface area contributed by atoms with Crippen molar-refractivity contribution in [2.24, 2.45) is 0 Å². The second-order valence-corrected chi connectivity index (χ2v) is 5.78. The van der Waals surface area contributed by atoms with E-state index < -0.39 is 0 Å². The maximum Gasteiger partial charge on any atom is 0.119 e. The van der Waals surface area contributed by atoms with Gasteiger partial charge in [-0.15, -0.1) is 0 Å². The summed E-state index contributed by atoms with van der Waals surface area (Å²) < 4.78 is 6.44.